The molecule has 0 bridgehead atoms. The van der Waals surface area contributed by atoms with Gasteiger partial charge in [-0.15, -0.1) is 11.6 Å². The Kier molecular flexibility index (Phi) is 6.32. The van der Waals surface area contributed by atoms with Crippen molar-refractivity contribution in [2.75, 3.05) is 6.54 Å². The van der Waals surface area contributed by atoms with Crippen LogP contribution >= 0.6 is 34.8 Å². The molecule has 94 valence electrons. The summed E-state index contributed by atoms with van der Waals surface area (Å²) in [4.78, 5) is 4.16. The van der Waals surface area contributed by atoms with E-state index < -0.39 is 4.33 Å². The summed E-state index contributed by atoms with van der Waals surface area (Å²) in [6, 6.07) is 9.76. The topological polar surface area (TPSA) is 12.4 Å². The highest BCUT2D eigenvalue weighted by molar-refractivity contribution is 6.56. The van der Waals surface area contributed by atoms with Crippen molar-refractivity contribution in [1.29, 1.82) is 0 Å². The van der Waals surface area contributed by atoms with Crippen LogP contribution < -0.4 is 0 Å². The molecule has 0 heterocycles. The number of nitrogens with zero attached hydrogens (tertiary/aromatic N) is 1. The van der Waals surface area contributed by atoms with Gasteiger partial charge in [0, 0.05) is 19.2 Å². The van der Waals surface area contributed by atoms with Crippen LogP contribution in [0.2, 0.25) is 0 Å². The molecule has 1 nitrogen and oxygen atoms in total. The van der Waals surface area contributed by atoms with Crippen molar-refractivity contribution in [3.05, 3.63) is 35.9 Å². The Morgan fingerprint density at radius 2 is 1.94 bits per heavy atom. The van der Waals surface area contributed by atoms with Gasteiger partial charge in [-0.05, 0) is 12.0 Å². The summed E-state index contributed by atoms with van der Waals surface area (Å²) in [6.45, 7) is 2.79. The fraction of sp³-hybridized carbons (Fsp3) is 0.462. The van der Waals surface area contributed by atoms with Crippen LogP contribution in [0.4, 0.5) is 0 Å². The second-order valence-electron chi connectivity index (χ2n) is 3.88. The van der Waals surface area contributed by atoms with E-state index in [1.54, 1.807) is 6.21 Å². The predicted molar refractivity (Wildman–Crippen MR) is 77.7 cm³/mol. The number of rotatable bonds is 6. The minimum atomic E-state index is -1.00. The van der Waals surface area contributed by atoms with Crippen LogP contribution in [-0.4, -0.2) is 17.1 Å². The van der Waals surface area contributed by atoms with Gasteiger partial charge in [-0.3, -0.25) is 4.99 Å². The molecule has 0 aliphatic rings. The molecular weight excluding hydrogens is 277 g/mol. The maximum absolute atomic E-state index is 6.27. The van der Waals surface area contributed by atoms with E-state index in [4.69, 9.17) is 34.8 Å². The zero-order valence-electron chi connectivity index (χ0n) is 9.74. The van der Waals surface area contributed by atoms with Crippen molar-refractivity contribution in [3.63, 3.8) is 0 Å². The van der Waals surface area contributed by atoms with E-state index in [0.29, 0.717) is 6.42 Å². The second-order valence-corrected chi connectivity index (χ2v) is 5.95. The van der Waals surface area contributed by atoms with E-state index in [0.717, 1.165) is 18.5 Å². The summed E-state index contributed by atoms with van der Waals surface area (Å²) in [7, 11) is 0. The standard InChI is InChI=1S/C13H16Cl3N/c1-2-8-17-10-13(15,16)9-12(14)11-6-4-3-5-7-11/h3-7,10,12H,2,8-9H2,1H3. The quantitative estimate of drug-likeness (QED) is 0.516. The smallest absolute Gasteiger partial charge is 0.154 e. The number of aliphatic imine (C=N–C) groups is 1. The molecule has 0 radical (unpaired) electrons. The maximum Gasteiger partial charge on any atom is 0.154 e. The molecule has 1 aromatic carbocycles. The summed E-state index contributed by atoms with van der Waals surface area (Å²) in [5, 5.41) is -0.209. The number of halogens is 3. The molecule has 0 aliphatic heterocycles. The summed E-state index contributed by atoms with van der Waals surface area (Å²) in [6.07, 6.45) is 3.00. The first-order chi connectivity index (χ1) is 8.05. The lowest BCUT2D eigenvalue weighted by molar-refractivity contribution is 0.801. The summed E-state index contributed by atoms with van der Waals surface area (Å²) >= 11 is 18.6. The van der Waals surface area contributed by atoms with Crippen LogP contribution in [0, 0.1) is 0 Å². The lowest BCUT2D eigenvalue weighted by Crippen LogP contribution is -2.17. The average Bonchev–Trinajstić information content (AvgIpc) is 2.30. The molecule has 1 rings (SSSR count). The highest BCUT2D eigenvalue weighted by Crippen LogP contribution is 2.35. The average molecular weight is 293 g/mol. The molecular formula is C13H16Cl3N. The van der Waals surface area contributed by atoms with Crippen LogP contribution in [0.25, 0.3) is 0 Å². The van der Waals surface area contributed by atoms with Gasteiger partial charge in [0.05, 0.1) is 5.38 Å². The SMILES string of the molecule is CCCN=CC(Cl)(Cl)CC(Cl)c1ccccc1. The lowest BCUT2D eigenvalue weighted by Gasteiger charge is -2.18. The fourth-order valence-electron chi connectivity index (χ4n) is 1.40. The molecule has 0 N–H and O–H groups in total. The third kappa shape index (κ3) is 5.76. The van der Waals surface area contributed by atoms with Gasteiger partial charge < -0.3 is 0 Å². The van der Waals surface area contributed by atoms with Gasteiger partial charge in [-0.2, -0.15) is 0 Å². The second kappa shape index (κ2) is 7.25. The summed E-state index contributed by atoms with van der Waals surface area (Å²) in [5.41, 5.74) is 1.02. The first-order valence-corrected chi connectivity index (χ1v) is 6.82. The maximum atomic E-state index is 6.27. The van der Waals surface area contributed by atoms with E-state index in [1.165, 1.54) is 0 Å². The molecule has 1 aromatic rings. The number of hydrogen-bond acceptors (Lipinski definition) is 1. The van der Waals surface area contributed by atoms with Gasteiger partial charge in [-0.25, -0.2) is 0 Å². The van der Waals surface area contributed by atoms with Gasteiger partial charge in [0.1, 0.15) is 0 Å². The molecule has 0 amide bonds. The highest BCUT2D eigenvalue weighted by atomic mass is 35.5. The molecule has 0 aliphatic carbocycles. The molecule has 1 atom stereocenters. The number of benzene rings is 1. The van der Waals surface area contributed by atoms with Gasteiger partial charge in [0.2, 0.25) is 0 Å². The van der Waals surface area contributed by atoms with Crippen molar-refractivity contribution in [2.24, 2.45) is 4.99 Å². The van der Waals surface area contributed by atoms with Gasteiger partial charge >= 0.3 is 0 Å². The van der Waals surface area contributed by atoms with E-state index >= 15 is 0 Å². The Balaban J connectivity index is 2.58. The van der Waals surface area contributed by atoms with E-state index in [9.17, 15) is 0 Å². The molecule has 0 saturated carbocycles. The van der Waals surface area contributed by atoms with Crippen molar-refractivity contribution in [2.45, 2.75) is 29.5 Å². The van der Waals surface area contributed by atoms with Gasteiger partial charge in [-0.1, -0.05) is 60.5 Å². The Morgan fingerprint density at radius 1 is 1.29 bits per heavy atom. The zero-order chi connectivity index (χ0) is 12.7. The monoisotopic (exact) mass is 291 g/mol. The molecule has 4 heteroatoms. The van der Waals surface area contributed by atoms with Crippen molar-refractivity contribution in [1.82, 2.24) is 0 Å². The first-order valence-electron chi connectivity index (χ1n) is 5.63. The summed E-state index contributed by atoms with van der Waals surface area (Å²) in [5.74, 6) is 0. The molecule has 1 unspecified atom stereocenters. The first kappa shape index (κ1) is 14.8. The largest absolute Gasteiger partial charge is 0.294 e. The summed E-state index contributed by atoms with van der Waals surface area (Å²) < 4.78 is -1.00. The minimum Gasteiger partial charge on any atom is -0.294 e. The van der Waals surface area contributed by atoms with Crippen LogP contribution in [0.15, 0.2) is 35.3 Å². The van der Waals surface area contributed by atoms with Crippen LogP contribution in [0.1, 0.15) is 30.7 Å². The van der Waals surface area contributed by atoms with Crippen molar-refractivity contribution >= 4 is 41.0 Å². The highest BCUT2D eigenvalue weighted by Gasteiger charge is 2.26. The molecule has 0 fully saturated rings. The van der Waals surface area contributed by atoms with Crippen molar-refractivity contribution < 1.29 is 0 Å². The van der Waals surface area contributed by atoms with Crippen LogP contribution in [0.5, 0.6) is 0 Å². The van der Waals surface area contributed by atoms with Crippen LogP contribution in [-0.2, 0) is 0 Å². The van der Waals surface area contributed by atoms with Crippen LogP contribution in [0.3, 0.4) is 0 Å². The normalized spacial score (nSPS) is 14.1. The molecule has 17 heavy (non-hydrogen) atoms. The Morgan fingerprint density at radius 3 is 2.53 bits per heavy atom. The number of hydrogen-bond donors (Lipinski definition) is 0. The fourth-order valence-corrected chi connectivity index (χ4v) is 2.39. The molecule has 0 aromatic heterocycles. The minimum absolute atomic E-state index is 0.209. The molecule has 0 spiro atoms. The third-order valence-corrected chi connectivity index (χ3v) is 3.16. The Bertz CT molecular complexity index is 349. The number of alkyl halides is 3. The van der Waals surface area contributed by atoms with E-state index in [1.807, 2.05) is 30.3 Å². The molecule has 0 saturated heterocycles. The van der Waals surface area contributed by atoms with Gasteiger partial charge in [0.25, 0.3) is 0 Å². The van der Waals surface area contributed by atoms with E-state index in [2.05, 4.69) is 11.9 Å². The van der Waals surface area contributed by atoms with Gasteiger partial charge in [0.15, 0.2) is 4.33 Å². The third-order valence-electron chi connectivity index (χ3n) is 2.25. The predicted octanol–water partition coefficient (Wildman–Crippen LogP) is 5.01. The Labute approximate surface area is 118 Å². The zero-order valence-corrected chi connectivity index (χ0v) is 12.0. The Hall–Kier alpha value is -0.240. The van der Waals surface area contributed by atoms with Crippen molar-refractivity contribution in [3.8, 4) is 0 Å². The lowest BCUT2D eigenvalue weighted by atomic mass is 10.1. The van der Waals surface area contributed by atoms with E-state index in [-0.39, 0.29) is 5.38 Å².